The Bertz CT molecular complexity index is 901. The average molecular weight is 424 g/mol. The number of nitrogens with zero attached hydrogens (tertiary/aromatic N) is 1. The van der Waals surface area contributed by atoms with Gasteiger partial charge in [-0.25, -0.2) is 4.99 Å². The average Bonchev–Trinajstić information content (AvgIpc) is 3.52. The summed E-state index contributed by atoms with van der Waals surface area (Å²) in [7, 11) is 3.32. The van der Waals surface area contributed by atoms with E-state index in [4.69, 9.17) is 14.5 Å². The van der Waals surface area contributed by atoms with Crippen molar-refractivity contribution in [1.82, 2.24) is 9.97 Å². The summed E-state index contributed by atoms with van der Waals surface area (Å²) in [6.45, 7) is 2.27. The number of methoxy groups -OCH3 is 2. The number of ether oxygens (including phenoxy) is 2. The van der Waals surface area contributed by atoms with Crippen molar-refractivity contribution in [2.75, 3.05) is 14.2 Å². The second-order valence-corrected chi connectivity index (χ2v) is 8.20. The summed E-state index contributed by atoms with van der Waals surface area (Å²) in [5, 5.41) is 0. The van der Waals surface area contributed by atoms with Crippen LogP contribution >= 0.6 is 0 Å². The van der Waals surface area contributed by atoms with Crippen molar-refractivity contribution in [2.24, 2.45) is 4.99 Å². The predicted molar refractivity (Wildman–Crippen MR) is 129 cm³/mol. The molecule has 5 nitrogen and oxygen atoms in total. The lowest BCUT2D eigenvalue weighted by molar-refractivity contribution is 0.303. The van der Waals surface area contributed by atoms with Crippen LogP contribution in [0.3, 0.4) is 0 Å². The maximum atomic E-state index is 5.54. The minimum Gasteiger partial charge on any atom is -0.494 e. The fourth-order valence-electron chi connectivity index (χ4n) is 3.93. The van der Waals surface area contributed by atoms with Crippen LogP contribution in [-0.4, -0.2) is 29.9 Å². The van der Waals surface area contributed by atoms with Gasteiger partial charge in [0, 0.05) is 23.5 Å². The van der Waals surface area contributed by atoms with E-state index in [-0.39, 0.29) is 0 Å². The lowest BCUT2D eigenvalue weighted by Crippen LogP contribution is -1.94. The molecule has 0 amide bonds. The third-order valence-corrected chi connectivity index (χ3v) is 5.75. The van der Waals surface area contributed by atoms with E-state index in [9.17, 15) is 0 Å². The molecule has 0 spiro atoms. The van der Waals surface area contributed by atoms with Gasteiger partial charge in [0.05, 0.1) is 25.6 Å². The first-order valence-corrected chi connectivity index (χ1v) is 11.7. The smallest absolute Gasteiger partial charge is 0.190 e. The van der Waals surface area contributed by atoms with Crippen molar-refractivity contribution in [3.8, 4) is 5.88 Å². The van der Waals surface area contributed by atoms with Gasteiger partial charge in [-0.3, -0.25) is 0 Å². The lowest BCUT2D eigenvalue weighted by atomic mass is 10.1. The van der Waals surface area contributed by atoms with E-state index in [0.717, 1.165) is 35.0 Å². The van der Waals surface area contributed by atoms with Crippen LogP contribution in [0.15, 0.2) is 46.8 Å². The van der Waals surface area contributed by atoms with Crippen LogP contribution in [-0.2, 0) is 11.2 Å². The van der Waals surface area contributed by atoms with Crippen molar-refractivity contribution in [1.29, 1.82) is 0 Å². The fraction of sp³-hybridized carbons (Fsp3) is 0.500. The van der Waals surface area contributed by atoms with Gasteiger partial charge in [-0.1, -0.05) is 58.3 Å². The summed E-state index contributed by atoms with van der Waals surface area (Å²) < 4.78 is 10.8. The lowest BCUT2D eigenvalue weighted by Gasteiger charge is -2.02. The highest BCUT2D eigenvalue weighted by atomic mass is 16.5. The van der Waals surface area contributed by atoms with Gasteiger partial charge in [-0.05, 0) is 37.1 Å². The number of aromatic amines is 2. The van der Waals surface area contributed by atoms with Crippen LogP contribution < -0.4 is 4.74 Å². The molecule has 0 aromatic carbocycles. The first kappa shape index (κ1) is 23.0. The van der Waals surface area contributed by atoms with Gasteiger partial charge in [0.15, 0.2) is 5.88 Å². The molecule has 1 aliphatic rings. The quantitative estimate of drug-likeness (QED) is 0.328. The molecule has 0 saturated carbocycles. The number of nitrogens with one attached hydrogen (secondary N) is 2. The van der Waals surface area contributed by atoms with Crippen molar-refractivity contribution in [3.63, 3.8) is 0 Å². The van der Waals surface area contributed by atoms with E-state index in [0.29, 0.717) is 5.88 Å². The zero-order valence-electron chi connectivity index (χ0n) is 19.3. The Labute approximate surface area is 186 Å². The monoisotopic (exact) mass is 423 g/mol. The van der Waals surface area contributed by atoms with Crippen LogP contribution in [0.1, 0.15) is 81.8 Å². The summed E-state index contributed by atoms with van der Waals surface area (Å²) in [6, 6.07) is 8.16. The zero-order valence-corrected chi connectivity index (χ0v) is 19.3. The number of aliphatic imine (C=N–C) groups is 1. The largest absolute Gasteiger partial charge is 0.494 e. The molecule has 3 rings (SSSR count). The van der Waals surface area contributed by atoms with E-state index in [2.05, 4.69) is 29.0 Å². The molecule has 2 N–H and O–H groups in total. The van der Waals surface area contributed by atoms with Crippen LogP contribution in [0, 0.1) is 0 Å². The summed E-state index contributed by atoms with van der Waals surface area (Å²) in [5.41, 5.74) is 4.91. The van der Waals surface area contributed by atoms with Crippen molar-refractivity contribution >= 4 is 11.8 Å². The van der Waals surface area contributed by atoms with Crippen molar-refractivity contribution in [3.05, 3.63) is 58.9 Å². The second-order valence-electron chi connectivity index (χ2n) is 8.20. The number of rotatable bonds is 14. The topological polar surface area (TPSA) is 62.4 Å². The predicted octanol–water partition coefficient (Wildman–Crippen LogP) is 6.80. The first-order chi connectivity index (χ1) is 15.2. The third kappa shape index (κ3) is 6.91. The Hall–Kier alpha value is -2.69. The minimum absolute atomic E-state index is 0.716. The van der Waals surface area contributed by atoms with Gasteiger partial charge >= 0.3 is 0 Å². The molecule has 0 saturated heterocycles. The number of aryl methyl sites for hydroxylation is 1. The van der Waals surface area contributed by atoms with Crippen molar-refractivity contribution < 1.29 is 9.47 Å². The van der Waals surface area contributed by atoms with Gasteiger partial charge < -0.3 is 19.4 Å². The molecule has 2 aromatic rings. The molecule has 2 aromatic heterocycles. The summed E-state index contributed by atoms with van der Waals surface area (Å²) in [6.07, 6.45) is 17.3. The first-order valence-electron chi connectivity index (χ1n) is 11.7. The Morgan fingerprint density at radius 3 is 2.26 bits per heavy atom. The molecule has 3 heterocycles. The molecule has 5 heteroatoms. The molecule has 1 aliphatic heterocycles. The Kier molecular flexibility index (Phi) is 9.07. The van der Waals surface area contributed by atoms with Crippen molar-refractivity contribution in [2.45, 2.75) is 71.1 Å². The number of unbranched alkanes of at least 4 members (excludes halogenated alkanes) is 8. The Morgan fingerprint density at radius 2 is 1.58 bits per heavy atom. The van der Waals surface area contributed by atoms with Crippen LogP contribution in [0.4, 0.5) is 0 Å². The molecular formula is C26H37N3O2. The maximum absolute atomic E-state index is 5.54. The maximum Gasteiger partial charge on any atom is 0.190 e. The molecule has 0 radical (unpaired) electrons. The molecule has 168 valence electrons. The highest BCUT2D eigenvalue weighted by Gasteiger charge is 2.18. The van der Waals surface area contributed by atoms with Gasteiger partial charge in [0.25, 0.3) is 0 Å². The van der Waals surface area contributed by atoms with E-state index in [1.165, 1.54) is 63.5 Å². The molecular weight excluding hydrogens is 386 g/mol. The second kappa shape index (κ2) is 12.2. The zero-order chi connectivity index (χ0) is 21.9. The van der Waals surface area contributed by atoms with Gasteiger partial charge in [0.2, 0.25) is 0 Å². The fourth-order valence-corrected chi connectivity index (χ4v) is 3.93. The molecule has 0 atom stereocenters. The van der Waals surface area contributed by atoms with Gasteiger partial charge in [-0.2, -0.15) is 0 Å². The highest BCUT2D eigenvalue weighted by molar-refractivity contribution is 6.11. The number of allylic oxidation sites excluding steroid dienone is 1. The summed E-state index contributed by atoms with van der Waals surface area (Å²) >= 11 is 0. The molecule has 0 aliphatic carbocycles. The minimum atomic E-state index is 0.716. The standard InChI is InChI=1S/C26H37N3O2/c1-4-5-6-7-8-9-10-11-12-13-20-14-15-21(27-20)18-24-25(30-2)19-23(28-24)22-16-17-26(29-22)31-3/h14-19,27,29H,4-13H2,1-3H3/b24-18-. The van der Waals surface area contributed by atoms with Gasteiger partial charge in [-0.15, -0.1) is 0 Å². The highest BCUT2D eigenvalue weighted by Crippen LogP contribution is 2.25. The third-order valence-electron chi connectivity index (χ3n) is 5.75. The van der Waals surface area contributed by atoms with Crippen LogP contribution in [0.25, 0.3) is 6.08 Å². The number of aromatic nitrogens is 2. The van der Waals surface area contributed by atoms with E-state index >= 15 is 0 Å². The Morgan fingerprint density at radius 1 is 0.839 bits per heavy atom. The van der Waals surface area contributed by atoms with E-state index in [1.54, 1.807) is 14.2 Å². The normalized spacial score (nSPS) is 14.7. The SMILES string of the molecule is CCCCCCCCCCCc1ccc(/C=C2\N=C(c3ccc(OC)[nH]3)C=C2OC)[nH]1. The number of H-pyrrole nitrogens is 2. The number of hydrogen-bond donors (Lipinski definition) is 2. The molecule has 0 fully saturated rings. The molecule has 0 bridgehead atoms. The number of hydrogen-bond acceptors (Lipinski definition) is 3. The van der Waals surface area contributed by atoms with E-state index in [1.807, 2.05) is 24.3 Å². The van der Waals surface area contributed by atoms with Crippen LogP contribution in [0.2, 0.25) is 0 Å². The molecule has 31 heavy (non-hydrogen) atoms. The Balaban J connectivity index is 1.48. The summed E-state index contributed by atoms with van der Waals surface area (Å²) in [5.74, 6) is 1.48. The summed E-state index contributed by atoms with van der Waals surface area (Å²) in [4.78, 5) is 11.5. The van der Waals surface area contributed by atoms with Gasteiger partial charge in [0.1, 0.15) is 11.5 Å². The molecule has 0 unspecified atom stereocenters. The van der Waals surface area contributed by atoms with E-state index < -0.39 is 0 Å². The van der Waals surface area contributed by atoms with Crippen LogP contribution in [0.5, 0.6) is 5.88 Å².